The molecule has 0 amide bonds. The number of halogens is 1. The SMILES string of the molecule is CCc1ncc2c(n1)CN(c1cccc(F)c1C(C)=O)CC2. The first-order valence-corrected chi connectivity index (χ1v) is 7.48. The molecule has 3 rings (SSSR count). The zero-order chi connectivity index (χ0) is 15.7. The number of carbonyl (C=O) groups is 1. The highest BCUT2D eigenvalue weighted by atomic mass is 19.1. The maximum atomic E-state index is 14.0. The molecule has 0 radical (unpaired) electrons. The number of nitrogens with zero attached hydrogens (tertiary/aromatic N) is 3. The van der Waals surface area contributed by atoms with Gasteiger partial charge in [-0.05, 0) is 31.0 Å². The Kier molecular flexibility index (Phi) is 3.88. The van der Waals surface area contributed by atoms with Crippen LogP contribution in [0.15, 0.2) is 24.4 Å². The van der Waals surface area contributed by atoms with E-state index in [0.717, 1.165) is 36.5 Å². The van der Waals surface area contributed by atoms with E-state index in [1.165, 1.54) is 13.0 Å². The molecule has 1 aliphatic rings. The number of benzene rings is 1. The van der Waals surface area contributed by atoms with Gasteiger partial charge in [-0.3, -0.25) is 4.79 Å². The molecule has 1 aromatic carbocycles. The molecule has 0 saturated heterocycles. The summed E-state index contributed by atoms with van der Waals surface area (Å²) in [4.78, 5) is 22.7. The van der Waals surface area contributed by atoms with Gasteiger partial charge in [0.15, 0.2) is 5.78 Å². The van der Waals surface area contributed by atoms with E-state index in [2.05, 4.69) is 9.97 Å². The topological polar surface area (TPSA) is 46.1 Å². The van der Waals surface area contributed by atoms with Gasteiger partial charge < -0.3 is 4.90 Å². The van der Waals surface area contributed by atoms with Crippen LogP contribution < -0.4 is 4.90 Å². The first-order valence-electron chi connectivity index (χ1n) is 7.48. The van der Waals surface area contributed by atoms with Crippen LogP contribution in [-0.4, -0.2) is 22.3 Å². The Morgan fingerprint density at radius 3 is 2.95 bits per heavy atom. The van der Waals surface area contributed by atoms with Crippen LogP contribution in [0.2, 0.25) is 0 Å². The highest BCUT2D eigenvalue weighted by Crippen LogP contribution is 2.28. The zero-order valence-electron chi connectivity index (χ0n) is 12.8. The number of rotatable bonds is 3. The van der Waals surface area contributed by atoms with Gasteiger partial charge in [0.1, 0.15) is 11.6 Å². The van der Waals surface area contributed by atoms with E-state index >= 15 is 0 Å². The summed E-state index contributed by atoms with van der Waals surface area (Å²) in [7, 11) is 0. The molecular formula is C17H18FN3O. The van der Waals surface area contributed by atoms with Crippen LogP contribution >= 0.6 is 0 Å². The summed E-state index contributed by atoms with van der Waals surface area (Å²) in [5, 5.41) is 0. The van der Waals surface area contributed by atoms with Gasteiger partial charge in [-0.15, -0.1) is 0 Å². The molecule has 22 heavy (non-hydrogen) atoms. The second kappa shape index (κ2) is 5.83. The smallest absolute Gasteiger partial charge is 0.164 e. The first kappa shape index (κ1) is 14.6. The third kappa shape index (κ3) is 2.58. The molecule has 0 unspecified atom stereocenters. The molecule has 2 heterocycles. The van der Waals surface area contributed by atoms with Gasteiger partial charge in [-0.25, -0.2) is 14.4 Å². The molecule has 4 nitrogen and oxygen atoms in total. The summed E-state index contributed by atoms with van der Waals surface area (Å²) in [6.07, 6.45) is 3.47. The van der Waals surface area contributed by atoms with Crippen molar-refractivity contribution in [1.29, 1.82) is 0 Å². The molecule has 0 N–H and O–H groups in total. The van der Waals surface area contributed by atoms with Crippen LogP contribution in [0.4, 0.5) is 10.1 Å². The lowest BCUT2D eigenvalue weighted by molar-refractivity contribution is 0.101. The van der Waals surface area contributed by atoms with E-state index < -0.39 is 5.82 Å². The normalized spacial score (nSPS) is 13.9. The van der Waals surface area contributed by atoms with Crippen molar-refractivity contribution >= 4 is 11.5 Å². The quantitative estimate of drug-likeness (QED) is 0.818. The molecular weight excluding hydrogens is 281 g/mol. The van der Waals surface area contributed by atoms with Crippen LogP contribution in [0, 0.1) is 5.82 Å². The number of hydrogen-bond donors (Lipinski definition) is 0. The van der Waals surface area contributed by atoms with Crippen molar-refractivity contribution in [3.05, 3.63) is 52.9 Å². The molecule has 0 bridgehead atoms. The van der Waals surface area contributed by atoms with Gasteiger partial charge in [0.25, 0.3) is 0 Å². The molecule has 0 saturated carbocycles. The summed E-state index contributed by atoms with van der Waals surface area (Å²) in [5.74, 6) is 0.0928. The number of hydrogen-bond acceptors (Lipinski definition) is 4. The van der Waals surface area contributed by atoms with Gasteiger partial charge in [0, 0.05) is 19.2 Å². The van der Waals surface area contributed by atoms with Crippen molar-refractivity contribution < 1.29 is 9.18 Å². The Hall–Kier alpha value is -2.30. The fourth-order valence-corrected chi connectivity index (χ4v) is 2.85. The fourth-order valence-electron chi connectivity index (χ4n) is 2.85. The van der Waals surface area contributed by atoms with E-state index in [1.54, 1.807) is 12.1 Å². The van der Waals surface area contributed by atoms with Crippen LogP contribution in [0.3, 0.4) is 0 Å². The summed E-state index contributed by atoms with van der Waals surface area (Å²) in [6, 6.07) is 4.77. The van der Waals surface area contributed by atoms with Crippen molar-refractivity contribution in [3.63, 3.8) is 0 Å². The average Bonchev–Trinajstić information content (AvgIpc) is 2.53. The number of Topliss-reactive ketones (excluding diaryl/α,β-unsaturated/α-hetero) is 1. The highest BCUT2D eigenvalue weighted by molar-refractivity contribution is 6.00. The highest BCUT2D eigenvalue weighted by Gasteiger charge is 2.23. The Morgan fingerprint density at radius 2 is 2.23 bits per heavy atom. The van der Waals surface area contributed by atoms with E-state index in [0.29, 0.717) is 12.2 Å². The van der Waals surface area contributed by atoms with Gasteiger partial charge in [-0.2, -0.15) is 0 Å². The molecule has 0 atom stereocenters. The van der Waals surface area contributed by atoms with Crippen LogP contribution in [0.25, 0.3) is 0 Å². The summed E-state index contributed by atoms with van der Waals surface area (Å²) < 4.78 is 14.0. The lowest BCUT2D eigenvalue weighted by atomic mass is 10.0. The number of anilines is 1. The largest absolute Gasteiger partial charge is 0.365 e. The lowest BCUT2D eigenvalue weighted by Gasteiger charge is -2.31. The van der Waals surface area contributed by atoms with Crippen molar-refractivity contribution in [1.82, 2.24) is 9.97 Å². The predicted molar refractivity (Wildman–Crippen MR) is 82.6 cm³/mol. The molecule has 2 aromatic rings. The third-order valence-corrected chi connectivity index (χ3v) is 4.00. The lowest BCUT2D eigenvalue weighted by Crippen LogP contribution is -2.32. The Morgan fingerprint density at radius 1 is 1.41 bits per heavy atom. The Labute approximate surface area is 129 Å². The monoisotopic (exact) mass is 299 g/mol. The number of carbonyl (C=O) groups excluding carboxylic acids is 1. The van der Waals surface area contributed by atoms with Crippen molar-refractivity contribution in [2.75, 3.05) is 11.4 Å². The summed E-state index contributed by atoms with van der Waals surface area (Å²) in [5.41, 5.74) is 2.91. The van der Waals surface area contributed by atoms with E-state index in [9.17, 15) is 9.18 Å². The van der Waals surface area contributed by atoms with E-state index in [-0.39, 0.29) is 11.3 Å². The zero-order valence-corrected chi connectivity index (χ0v) is 12.8. The first-order chi connectivity index (χ1) is 10.6. The Balaban J connectivity index is 1.98. The second-order valence-electron chi connectivity index (χ2n) is 5.47. The fraction of sp³-hybridized carbons (Fsp3) is 0.353. The van der Waals surface area contributed by atoms with Gasteiger partial charge >= 0.3 is 0 Å². The van der Waals surface area contributed by atoms with Crippen molar-refractivity contribution in [3.8, 4) is 0 Å². The third-order valence-electron chi connectivity index (χ3n) is 4.00. The maximum Gasteiger partial charge on any atom is 0.164 e. The molecule has 5 heteroatoms. The average molecular weight is 299 g/mol. The van der Waals surface area contributed by atoms with E-state index in [4.69, 9.17) is 0 Å². The Bertz CT molecular complexity index is 730. The van der Waals surface area contributed by atoms with E-state index in [1.807, 2.05) is 18.0 Å². The van der Waals surface area contributed by atoms with Crippen molar-refractivity contribution in [2.45, 2.75) is 33.2 Å². The second-order valence-corrected chi connectivity index (χ2v) is 5.47. The maximum absolute atomic E-state index is 14.0. The standard InChI is InChI=1S/C17H18FN3O/c1-3-16-19-9-12-7-8-21(10-14(12)20-16)15-6-4-5-13(18)17(15)11(2)22/h4-6,9H,3,7-8,10H2,1-2H3. The molecule has 0 spiro atoms. The number of fused-ring (bicyclic) bond motifs is 1. The number of aromatic nitrogens is 2. The van der Waals surface area contributed by atoms with Gasteiger partial charge in [0.05, 0.1) is 23.5 Å². The molecule has 0 aliphatic carbocycles. The van der Waals surface area contributed by atoms with Crippen LogP contribution in [0.5, 0.6) is 0 Å². The molecule has 114 valence electrons. The minimum atomic E-state index is -0.465. The molecule has 1 aliphatic heterocycles. The molecule has 0 fully saturated rings. The molecule has 1 aromatic heterocycles. The minimum Gasteiger partial charge on any atom is -0.365 e. The van der Waals surface area contributed by atoms with Gasteiger partial charge in [0.2, 0.25) is 0 Å². The van der Waals surface area contributed by atoms with Gasteiger partial charge in [-0.1, -0.05) is 13.0 Å². The van der Waals surface area contributed by atoms with Crippen LogP contribution in [-0.2, 0) is 19.4 Å². The summed E-state index contributed by atoms with van der Waals surface area (Å²) >= 11 is 0. The number of aryl methyl sites for hydroxylation is 1. The minimum absolute atomic E-state index is 0.163. The van der Waals surface area contributed by atoms with Crippen molar-refractivity contribution in [2.24, 2.45) is 0 Å². The summed E-state index contributed by atoms with van der Waals surface area (Å²) in [6.45, 7) is 4.72. The predicted octanol–water partition coefficient (Wildman–Crippen LogP) is 2.94. The number of ketones is 1. The van der Waals surface area contributed by atoms with Crippen LogP contribution in [0.1, 0.15) is 41.3 Å².